The predicted octanol–water partition coefficient (Wildman–Crippen LogP) is 3.46. The van der Waals surface area contributed by atoms with Gasteiger partial charge in [0, 0.05) is 36.7 Å². The molecule has 0 unspecified atom stereocenters. The van der Waals surface area contributed by atoms with Gasteiger partial charge in [0.15, 0.2) is 0 Å². The molecule has 0 aliphatic carbocycles. The third-order valence-corrected chi connectivity index (χ3v) is 6.34. The molecule has 7 heteroatoms. The van der Waals surface area contributed by atoms with Crippen LogP contribution in [0.4, 0.5) is 5.69 Å². The number of primary amides is 1. The zero-order valence-corrected chi connectivity index (χ0v) is 19.6. The Hall–Kier alpha value is -3.35. The molecule has 2 aliphatic heterocycles. The molecule has 0 bridgehead atoms. The number of carbonyl (C=O) groups is 3. The molecule has 4 rings (SSSR count). The lowest BCUT2D eigenvalue weighted by molar-refractivity contribution is -0.126. The van der Waals surface area contributed by atoms with Crippen molar-refractivity contribution in [3.8, 4) is 5.75 Å². The molecule has 0 spiro atoms. The molecule has 2 N–H and O–H groups in total. The molecule has 174 valence electrons. The van der Waals surface area contributed by atoms with Gasteiger partial charge < -0.3 is 15.4 Å². The van der Waals surface area contributed by atoms with E-state index in [0.29, 0.717) is 30.8 Å². The number of nitrogens with zero attached hydrogens (tertiary/aromatic N) is 2. The van der Waals surface area contributed by atoms with Crippen molar-refractivity contribution in [3.63, 3.8) is 0 Å². The van der Waals surface area contributed by atoms with E-state index >= 15 is 0 Å². The number of benzene rings is 2. The van der Waals surface area contributed by atoms with Crippen LogP contribution in [0.1, 0.15) is 61.0 Å². The number of rotatable bonds is 5. The number of anilines is 1. The number of nitrogens with two attached hydrogens (primary N) is 1. The Balaban J connectivity index is 1.70. The molecule has 0 saturated carbocycles. The summed E-state index contributed by atoms with van der Waals surface area (Å²) in [6.45, 7) is 6.88. The quantitative estimate of drug-likeness (QED) is 0.757. The molecule has 2 atom stereocenters. The van der Waals surface area contributed by atoms with Crippen molar-refractivity contribution in [2.45, 2.75) is 52.1 Å². The number of methoxy groups -OCH3 is 1. The SMILES string of the molecule is COc1ccc(CN2C[C@@H]3C[C@@H](C(N)=O)N(C(=O)CC(C)(C)C)c4cccc(c43)C2=O)cc1. The van der Waals surface area contributed by atoms with Crippen LogP contribution in [-0.2, 0) is 16.1 Å². The van der Waals surface area contributed by atoms with Crippen LogP contribution in [0.2, 0.25) is 0 Å². The maximum atomic E-state index is 13.4. The van der Waals surface area contributed by atoms with Gasteiger partial charge in [0.25, 0.3) is 5.91 Å². The van der Waals surface area contributed by atoms with Crippen molar-refractivity contribution >= 4 is 23.4 Å². The lowest BCUT2D eigenvalue weighted by atomic mass is 9.78. The second-order valence-corrected chi connectivity index (χ2v) is 10.1. The van der Waals surface area contributed by atoms with Crippen molar-refractivity contribution in [2.24, 2.45) is 11.1 Å². The van der Waals surface area contributed by atoms with Crippen molar-refractivity contribution in [1.82, 2.24) is 4.90 Å². The van der Waals surface area contributed by atoms with Crippen LogP contribution in [0.25, 0.3) is 0 Å². The molecular weight excluding hydrogens is 418 g/mol. The maximum absolute atomic E-state index is 13.4. The summed E-state index contributed by atoms with van der Waals surface area (Å²) in [7, 11) is 1.62. The van der Waals surface area contributed by atoms with E-state index < -0.39 is 11.9 Å². The normalized spacial score (nSPS) is 19.8. The summed E-state index contributed by atoms with van der Waals surface area (Å²) in [5, 5.41) is 0. The molecule has 0 aromatic heterocycles. The number of hydrogen-bond donors (Lipinski definition) is 1. The highest BCUT2D eigenvalue weighted by Gasteiger charge is 2.44. The van der Waals surface area contributed by atoms with E-state index in [1.165, 1.54) is 4.90 Å². The summed E-state index contributed by atoms with van der Waals surface area (Å²) < 4.78 is 5.22. The average Bonchev–Trinajstić information content (AvgIpc) is 2.75. The molecule has 2 aromatic carbocycles. The minimum atomic E-state index is -0.733. The molecule has 33 heavy (non-hydrogen) atoms. The summed E-state index contributed by atoms with van der Waals surface area (Å²) in [6.07, 6.45) is 0.685. The molecule has 2 aliphatic rings. The fourth-order valence-electron chi connectivity index (χ4n) is 4.90. The maximum Gasteiger partial charge on any atom is 0.254 e. The van der Waals surface area contributed by atoms with Gasteiger partial charge in [-0.1, -0.05) is 39.0 Å². The van der Waals surface area contributed by atoms with E-state index in [2.05, 4.69) is 0 Å². The zero-order chi connectivity index (χ0) is 23.9. The van der Waals surface area contributed by atoms with Gasteiger partial charge in [0.1, 0.15) is 11.8 Å². The third kappa shape index (κ3) is 4.45. The number of carbonyl (C=O) groups excluding carboxylic acids is 3. The van der Waals surface area contributed by atoms with E-state index in [9.17, 15) is 14.4 Å². The number of hydrogen-bond acceptors (Lipinski definition) is 4. The van der Waals surface area contributed by atoms with Crippen molar-refractivity contribution in [3.05, 3.63) is 59.2 Å². The first kappa shape index (κ1) is 22.8. The van der Waals surface area contributed by atoms with Crippen LogP contribution in [0, 0.1) is 5.41 Å². The third-order valence-electron chi connectivity index (χ3n) is 6.34. The minimum Gasteiger partial charge on any atom is -0.497 e. The summed E-state index contributed by atoms with van der Waals surface area (Å²) in [6, 6.07) is 12.3. The van der Waals surface area contributed by atoms with Crippen molar-refractivity contribution in [1.29, 1.82) is 0 Å². The average molecular weight is 450 g/mol. The van der Waals surface area contributed by atoms with E-state index in [-0.39, 0.29) is 29.6 Å². The minimum absolute atomic E-state index is 0.0664. The van der Waals surface area contributed by atoms with Crippen LogP contribution in [0.5, 0.6) is 5.75 Å². The smallest absolute Gasteiger partial charge is 0.254 e. The Morgan fingerprint density at radius 3 is 2.42 bits per heavy atom. The van der Waals surface area contributed by atoms with Crippen LogP contribution in [0.15, 0.2) is 42.5 Å². The number of ether oxygens (including phenoxy) is 1. The Bertz CT molecular complexity index is 1090. The standard InChI is InChI=1S/C26H31N3O4/c1-26(2,3)13-22(30)29-20-7-5-6-19-23(20)17(12-21(29)24(27)31)15-28(25(19)32)14-16-8-10-18(33-4)11-9-16/h5-11,17,21H,12-15H2,1-4H3,(H2,27,31)/t17-,21-/m0/s1. The van der Waals surface area contributed by atoms with E-state index in [1.54, 1.807) is 13.2 Å². The van der Waals surface area contributed by atoms with E-state index in [0.717, 1.165) is 16.9 Å². The van der Waals surface area contributed by atoms with Crippen LogP contribution in [0.3, 0.4) is 0 Å². The molecule has 3 amide bonds. The van der Waals surface area contributed by atoms with Gasteiger partial charge in [0.05, 0.1) is 7.11 Å². The first-order valence-corrected chi connectivity index (χ1v) is 11.3. The predicted molar refractivity (Wildman–Crippen MR) is 126 cm³/mol. The van der Waals surface area contributed by atoms with Gasteiger partial charge in [-0.25, -0.2) is 0 Å². The Morgan fingerprint density at radius 1 is 1.12 bits per heavy atom. The second kappa shape index (κ2) is 8.54. The molecule has 0 radical (unpaired) electrons. The van der Waals surface area contributed by atoms with Gasteiger partial charge in [-0.15, -0.1) is 0 Å². The van der Waals surface area contributed by atoms with Crippen LogP contribution < -0.4 is 15.4 Å². The van der Waals surface area contributed by atoms with Crippen molar-refractivity contribution < 1.29 is 19.1 Å². The fraction of sp³-hybridized carbons (Fsp3) is 0.423. The van der Waals surface area contributed by atoms with Gasteiger partial charge in [-0.3, -0.25) is 19.3 Å². The van der Waals surface area contributed by atoms with E-state index in [4.69, 9.17) is 10.5 Å². The monoisotopic (exact) mass is 449 g/mol. The summed E-state index contributed by atoms with van der Waals surface area (Å²) in [4.78, 5) is 42.5. The van der Waals surface area contributed by atoms with E-state index in [1.807, 2.05) is 62.1 Å². The molecule has 2 heterocycles. The number of amides is 3. The molecule has 0 fully saturated rings. The highest BCUT2D eigenvalue weighted by molar-refractivity contribution is 6.05. The zero-order valence-electron chi connectivity index (χ0n) is 19.6. The van der Waals surface area contributed by atoms with Crippen molar-refractivity contribution in [2.75, 3.05) is 18.6 Å². The fourth-order valence-corrected chi connectivity index (χ4v) is 4.90. The van der Waals surface area contributed by atoms with Crippen LogP contribution >= 0.6 is 0 Å². The molecular formula is C26H31N3O4. The summed E-state index contributed by atoms with van der Waals surface area (Å²) in [5.74, 6) is -0.0449. The molecule has 7 nitrogen and oxygen atoms in total. The Morgan fingerprint density at radius 2 is 1.82 bits per heavy atom. The lowest BCUT2D eigenvalue weighted by Crippen LogP contribution is -2.54. The van der Waals surface area contributed by atoms with Gasteiger partial charge >= 0.3 is 0 Å². The topological polar surface area (TPSA) is 92.9 Å². The molecule has 0 saturated heterocycles. The van der Waals surface area contributed by atoms with Gasteiger partial charge in [-0.2, -0.15) is 0 Å². The largest absolute Gasteiger partial charge is 0.497 e. The second-order valence-electron chi connectivity index (χ2n) is 10.1. The molecule has 2 aromatic rings. The van der Waals surface area contributed by atoms with Gasteiger partial charge in [0.2, 0.25) is 11.8 Å². The lowest BCUT2D eigenvalue weighted by Gasteiger charge is -2.45. The Labute approximate surface area is 194 Å². The summed E-state index contributed by atoms with van der Waals surface area (Å²) in [5.41, 5.74) is 8.61. The van der Waals surface area contributed by atoms with Crippen LogP contribution in [-0.4, -0.2) is 42.3 Å². The Kier molecular flexibility index (Phi) is 5.91. The first-order chi connectivity index (χ1) is 15.6. The highest BCUT2D eigenvalue weighted by atomic mass is 16.5. The highest BCUT2D eigenvalue weighted by Crippen LogP contribution is 2.44. The van der Waals surface area contributed by atoms with Gasteiger partial charge in [-0.05, 0) is 47.2 Å². The summed E-state index contributed by atoms with van der Waals surface area (Å²) >= 11 is 0. The first-order valence-electron chi connectivity index (χ1n) is 11.3.